The van der Waals surface area contributed by atoms with E-state index in [-0.39, 0.29) is 36.4 Å². The fraction of sp³-hybridized carbons (Fsp3) is 0.781. The molecule has 3 rings (SSSR count). The molecule has 40 heavy (non-hydrogen) atoms. The molecule has 0 aromatic rings. The van der Waals surface area contributed by atoms with E-state index in [1.54, 1.807) is 6.08 Å². The van der Waals surface area contributed by atoms with Crippen LogP contribution in [0.15, 0.2) is 24.3 Å². The highest BCUT2D eigenvalue weighted by atomic mass is 16.7. The molecule has 0 amide bonds. The predicted molar refractivity (Wildman–Crippen MR) is 151 cm³/mol. The van der Waals surface area contributed by atoms with Gasteiger partial charge in [-0.2, -0.15) is 0 Å². The number of esters is 3. The Labute approximate surface area is 240 Å². The number of unbranched alkanes of at least 4 members (excludes halogenated alkanes) is 9. The number of hydrogen-bond donors (Lipinski definition) is 0. The van der Waals surface area contributed by atoms with Gasteiger partial charge >= 0.3 is 17.9 Å². The fourth-order valence-electron chi connectivity index (χ4n) is 6.14. The van der Waals surface area contributed by atoms with E-state index >= 15 is 0 Å². The molecule has 0 saturated carbocycles. The van der Waals surface area contributed by atoms with E-state index in [0.29, 0.717) is 25.7 Å². The summed E-state index contributed by atoms with van der Waals surface area (Å²) in [5.41, 5.74) is 0. The number of fused-ring (bicyclic) bond motifs is 1. The summed E-state index contributed by atoms with van der Waals surface area (Å²) < 4.78 is 29.4. The SMILES string of the molecule is CC/C=C/CCCCCCCCCCCC(CC1CC(OC(C)=O)CC2(CC3OC(=O)C=CC3O2)O1)OC(C)=O. The van der Waals surface area contributed by atoms with Gasteiger partial charge in [-0.1, -0.05) is 64.0 Å². The molecule has 2 saturated heterocycles. The molecular weight excluding hydrogens is 512 g/mol. The second kappa shape index (κ2) is 16.9. The first-order chi connectivity index (χ1) is 19.3. The van der Waals surface area contributed by atoms with E-state index in [2.05, 4.69) is 19.1 Å². The number of rotatable bonds is 17. The Hall–Kier alpha value is -2.19. The van der Waals surface area contributed by atoms with Crippen molar-refractivity contribution in [1.29, 1.82) is 0 Å². The van der Waals surface area contributed by atoms with Gasteiger partial charge in [-0.3, -0.25) is 9.59 Å². The zero-order valence-electron chi connectivity index (χ0n) is 24.8. The average Bonchev–Trinajstić information content (AvgIpc) is 3.21. The standard InChI is InChI=1S/C32H50O8/c1-4-5-6-7-8-9-10-11-12-13-14-15-16-17-26(36-24(2)33)20-27-21-28(37-25(3)34)22-32(39-27)23-30-29(40-32)18-19-31(35)38-30/h5-6,18-19,26-30H,4,7-17,20-23H2,1-3H3/b6-5+. The van der Waals surface area contributed by atoms with Gasteiger partial charge in [0.2, 0.25) is 0 Å². The normalized spacial score (nSPS) is 28.4. The Morgan fingerprint density at radius 1 is 0.975 bits per heavy atom. The average molecular weight is 563 g/mol. The van der Waals surface area contributed by atoms with Crippen LogP contribution in [-0.4, -0.2) is 54.2 Å². The Morgan fingerprint density at radius 3 is 2.35 bits per heavy atom. The van der Waals surface area contributed by atoms with Crippen LogP contribution in [0.25, 0.3) is 0 Å². The minimum atomic E-state index is -1.01. The quantitative estimate of drug-likeness (QED) is 0.0842. The van der Waals surface area contributed by atoms with Crippen molar-refractivity contribution in [1.82, 2.24) is 0 Å². The topological polar surface area (TPSA) is 97.4 Å². The Balaban J connectivity index is 1.42. The number of ether oxygens (including phenoxy) is 5. The van der Waals surface area contributed by atoms with Gasteiger partial charge in [-0.15, -0.1) is 0 Å². The molecule has 226 valence electrons. The maximum Gasteiger partial charge on any atom is 0.330 e. The zero-order chi connectivity index (χ0) is 28.8. The highest BCUT2D eigenvalue weighted by molar-refractivity contribution is 5.83. The summed E-state index contributed by atoms with van der Waals surface area (Å²) in [5.74, 6) is -2.07. The van der Waals surface area contributed by atoms with E-state index in [9.17, 15) is 14.4 Å². The third-order valence-corrected chi connectivity index (χ3v) is 7.86. The molecule has 3 aliphatic heterocycles. The summed E-state index contributed by atoms with van der Waals surface area (Å²) in [5, 5.41) is 0. The lowest BCUT2D eigenvalue weighted by atomic mass is 9.91. The lowest BCUT2D eigenvalue weighted by molar-refractivity contribution is -0.286. The van der Waals surface area contributed by atoms with Crippen LogP contribution in [0.3, 0.4) is 0 Å². The van der Waals surface area contributed by atoms with Crippen LogP contribution in [0, 0.1) is 0 Å². The number of allylic oxidation sites excluding steroid dienone is 2. The second-order valence-electron chi connectivity index (χ2n) is 11.5. The number of hydrogen-bond acceptors (Lipinski definition) is 8. The second-order valence-corrected chi connectivity index (χ2v) is 11.5. The van der Waals surface area contributed by atoms with Gasteiger partial charge < -0.3 is 23.7 Å². The van der Waals surface area contributed by atoms with E-state index in [1.165, 1.54) is 71.3 Å². The van der Waals surface area contributed by atoms with Gasteiger partial charge in [0.15, 0.2) is 5.79 Å². The smallest absolute Gasteiger partial charge is 0.330 e. The molecule has 0 bridgehead atoms. The molecule has 0 aromatic heterocycles. The lowest BCUT2D eigenvalue weighted by Crippen LogP contribution is -2.48. The van der Waals surface area contributed by atoms with Crippen LogP contribution >= 0.6 is 0 Å². The predicted octanol–water partition coefficient (Wildman–Crippen LogP) is 6.64. The molecule has 0 radical (unpaired) electrons. The van der Waals surface area contributed by atoms with Crippen molar-refractivity contribution in [3.63, 3.8) is 0 Å². The van der Waals surface area contributed by atoms with Crippen LogP contribution in [0.1, 0.15) is 124 Å². The molecule has 8 heteroatoms. The molecule has 2 fully saturated rings. The van der Waals surface area contributed by atoms with E-state index < -0.39 is 17.9 Å². The van der Waals surface area contributed by atoms with Crippen molar-refractivity contribution in [2.75, 3.05) is 0 Å². The highest BCUT2D eigenvalue weighted by Crippen LogP contribution is 2.44. The summed E-state index contributed by atoms with van der Waals surface area (Å²) in [6, 6.07) is 0. The molecule has 8 nitrogen and oxygen atoms in total. The lowest BCUT2D eigenvalue weighted by Gasteiger charge is -2.42. The first-order valence-electron chi connectivity index (χ1n) is 15.5. The van der Waals surface area contributed by atoms with Gasteiger partial charge in [-0.25, -0.2) is 4.79 Å². The van der Waals surface area contributed by atoms with Crippen LogP contribution < -0.4 is 0 Å². The van der Waals surface area contributed by atoms with Gasteiger partial charge in [0.25, 0.3) is 0 Å². The van der Waals surface area contributed by atoms with Crippen LogP contribution in [0.4, 0.5) is 0 Å². The number of carbonyl (C=O) groups excluding carboxylic acids is 3. The fourth-order valence-corrected chi connectivity index (χ4v) is 6.14. The third-order valence-electron chi connectivity index (χ3n) is 7.86. The summed E-state index contributed by atoms with van der Waals surface area (Å²) in [7, 11) is 0. The first kappa shape index (κ1) is 32.3. The van der Waals surface area contributed by atoms with Crippen molar-refractivity contribution < 1.29 is 38.1 Å². The monoisotopic (exact) mass is 562 g/mol. The molecule has 0 N–H and O–H groups in total. The van der Waals surface area contributed by atoms with Crippen molar-refractivity contribution in [2.24, 2.45) is 0 Å². The Kier molecular flexibility index (Phi) is 13.7. The summed E-state index contributed by atoms with van der Waals surface area (Å²) in [6.45, 7) is 5.00. The molecule has 3 aliphatic rings. The van der Waals surface area contributed by atoms with Crippen LogP contribution in [0.2, 0.25) is 0 Å². The largest absolute Gasteiger partial charge is 0.462 e. The van der Waals surface area contributed by atoms with E-state index in [0.717, 1.165) is 25.7 Å². The molecule has 0 aliphatic carbocycles. The van der Waals surface area contributed by atoms with Crippen molar-refractivity contribution >= 4 is 17.9 Å². The third kappa shape index (κ3) is 11.4. The van der Waals surface area contributed by atoms with Crippen LogP contribution in [-0.2, 0) is 38.1 Å². The summed E-state index contributed by atoms with van der Waals surface area (Å²) >= 11 is 0. The zero-order valence-corrected chi connectivity index (χ0v) is 24.8. The van der Waals surface area contributed by atoms with E-state index in [1.807, 2.05) is 0 Å². The number of carbonyl (C=O) groups is 3. The van der Waals surface area contributed by atoms with Gasteiger partial charge in [0, 0.05) is 45.6 Å². The first-order valence-corrected chi connectivity index (χ1v) is 15.5. The van der Waals surface area contributed by atoms with Crippen molar-refractivity contribution in [3.05, 3.63) is 24.3 Å². The molecule has 3 heterocycles. The summed E-state index contributed by atoms with van der Waals surface area (Å²) in [4.78, 5) is 35.4. The Morgan fingerprint density at radius 2 is 1.68 bits per heavy atom. The molecule has 0 aromatic carbocycles. The van der Waals surface area contributed by atoms with Gasteiger partial charge in [0.05, 0.1) is 6.10 Å². The highest BCUT2D eigenvalue weighted by Gasteiger charge is 2.54. The molecular formula is C32H50O8. The molecule has 1 spiro atoms. The maximum absolute atomic E-state index is 11.9. The van der Waals surface area contributed by atoms with Crippen molar-refractivity contribution in [2.45, 2.75) is 160 Å². The minimum Gasteiger partial charge on any atom is -0.462 e. The van der Waals surface area contributed by atoms with Gasteiger partial charge in [-0.05, 0) is 38.2 Å². The van der Waals surface area contributed by atoms with E-state index in [4.69, 9.17) is 23.7 Å². The minimum absolute atomic E-state index is 0.279. The van der Waals surface area contributed by atoms with Gasteiger partial charge in [0.1, 0.15) is 24.4 Å². The van der Waals surface area contributed by atoms with Crippen molar-refractivity contribution in [3.8, 4) is 0 Å². The molecule has 6 unspecified atom stereocenters. The Bertz CT molecular complexity index is 867. The summed E-state index contributed by atoms with van der Waals surface area (Å²) in [6.07, 6.45) is 21.7. The van der Waals surface area contributed by atoms with Crippen LogP contribution in [0.5, 0.6) is 0 Å². The molecule has 6 atom stereocenters. The maximum atomic E-state index is 11.9.